The zero-order valence-electron chi connectivity index (χ0n) is 19.0. The second kappa shape index (κ2) is 11.0. The number of hydrogen-bond donors (Lipinski definition) is 3. The first kappa shape index (κ1) is 24.2. The van der Waals surface area contributed by atoms with Crippen molar-refractivity contribution < 1.29 is 18.0 Å². The molecule has 8 nitrogen and oxygen atoms in total. The fourth-order valence-electron chi connectivity index (χ4n) is 3.70. The maximum atomic E-state index is 13.2. The molecular formula is C26H26N4O4S. The predicted octanol–water partition coefficient (Wildman–Crippen LogP) is 3.14. The van der Waals surface area contributed by atoms with Crippen molar-refractivity contribution in [3.05, 3.63) is 96.1 Å². The summed E-state index contributed by atoms with van der Waals surface area (Å²) in [6.07, 6.45) is 1.66. The van der Waals surface area contributed by atoms with E-state index in [1.165, 1.54) is 12.1 Å². The van der Waals surface area contributed by atoms with Gasteiger partial charge in [0.05, 0.1) is 4.90 Å². The minimum Gasteiger partial charge on any atom is -0.340 e. The summed E-state index contributed by atoms with van der Waals surface area (Å²) >= 11 is 0. The van der Waals surface area contributed by atoms with Crippen molar-refractivity contribution in [2.75, 3.05) is 11.9 Å². The molecule has 180 valence electrons. The van der Waals surface area contributed by atoms with Crippen LogP contribution in [0.1, 0.15) is 28.8 Å². The quantitative estimate of drug-likeness (QED) is 0.450. The van der Waals surface area contributed by atoms with Crippen LogP contribution < -0.4 is 15.4 Å². The average Bonchev–Trinajstić information content (AvgIpc) is 3.37. The lowest BCUT2D eigenvalue weighted by molar-refractivity contribution is -0.118. The molecule has 0 radical (unpaired) electrons. The Morgan fingerprint density at radius 3 is 2.31 bits per heavy atom. The number of anilines is 1. The minimum atomic E-state index is -3.83. The highest BCUT2D eigenvalue weighted by Crippen LogP contribution is 2.17. The first-order valence-electron chi connectivity index (χ1n) is 11.3. The summed E-state index contributed by atoms with van der Waals surface area (Å²) in [6.45, 7) is 0.603. The van der Waals surface area contributed by atoms with Gasteiger partial charge >= 0.3 is 0 Å². The van der Waals surface area contributed by atoms with Crippen LogP contribution in [0, 0.1) is 0 Å². The van der Waals surface area contributed by atoms with E-state index in [0.29, 0.717) is 30.1 Å². The lowest BCUT2D eigenvalue weighted by Gasteiger charge is -2.19. The number of aliphatic imine (C=N–C) groups is 1. The van der Waals surface area contributed by atoms with Gasteiger partial charge in [0.25, 0.3) is 15.9 Å². The van der Waals surface area contributed by atoms with Crippen LogP contribution in [0.3, 0.4) is 0 Å². The summed E-state index contributed by atoms with van der Waals surface area (Å²) in [6, 6.07) is 23.1. The van der Waals surface area contributed by atoms with Gasteiger partial charge in [0.2, 0.25) is 5.91 Å². The van der Waals surface area contributed by atoms with Gasteiger partial charge in [-0.3, -0.25) is 19.3 Å². The van der Waals surface area contributed by atoms with Crippen LogP contribution in [0.2, 0.25) is 0 Å². The second-order valence-electron chi connectivity index (χ2n) is 8.14. The lowest BCUT2D eigenvalue weighted by atomic mass is 10.0. The molecule has 35 heavy (non-hydrogen) atoms. The minimum absolute atomic E-state index is 0.0119. The fraction of sp³-hybridized carbons (Fsp3) is 0.192. The Labute approximate surface area is 204 Å². The maximum absolute atomic E-state index is 13.2. The largest absolute Gasteiger partial charge is 0.340 e. The highest BCUT2D eigenvalue weighted by molar-refractivity contribution is 7.90. The van der Waals surface area contributed by atoms with E-state index in [-0.39, 0.29) is 17.2 Å². The van der Waals surface area contributed by atoms with E-state index >= 15 is 0 Å². The molecule has 0 aromatic heterocycles. The third kappa shape index (κ3) is 6.54. The Bertz CT molecular complexity index is 1330. The van der Waals surface area contributed by atoms with Crippen molar-refractivity contribution in [3.63, 3.8) is 0 Å². The van der Waals surface area contributed by atoms with Crippen molar-refractivity contribution >= 4 is 33.4 Å². The summed E-state index contributed by atoms with van der Waals surface area (Å²) < 4.78 is 28.0. The molecule has 0 saturated heterocycles. The number of rotatable bonds is 8. The topological polar surface area (TPSA) is 117 Å². The molecule has 0 fully saturated rings. The standard InChI is InChI=1S/C26H26N4O4S/c31-25(20-11-5-2-6-12-20)29-23(17-19-9-3-1-4-10-19)26(32)28-21-13-7-14-22(18-21)35(33,34)30-24-15-8-16-27-24/h1-7,9-14,18,23H,8,15-17H2,(H,27,30)(H,28,32)(H,29,31)/t23-/m0/s1. The number of benzene rings is 3. The number of amides is 2. The van der Waals surface area contributed by atoms with E-state index in [1.807, 2.05) is 30.3 Å². The van der Waals surface area contributed by atoms with Gasteiger partial charge in [0.1, 0.15) is 11.9 Å². The van der Waals surface area contributed by atoms with Gasteiger partial charge in [-0.2, -0.15) is 0 Å². The summed E-state index contributed by atoms with van der Waals surface area (Å²) in [7, 11) is -3.83. The molecule has 0 bridgehead atoms. The molecule has 3 aromatic rings. The summed E-state index contributed by atoms with van der Waals surface area (Å²) in [4.78, 5) is 30.1. The van der Waals surface area contributed by atoms with Gasteiger partial charge in [-0.1, -0.05) is 54.6 Å². The zero-order valence-corrected chi connectivity index (χ0v) is 19.8. The van der Waals surface area contributed by atoms with Crippen LogP contribution in [-0.4, -0.2) is 38.7 Å². The van der Waals surface area contributed by atoms with Crippen molar-refractivity contribution in [2.24, 2.45) is 4.99 Å². The predicted molar refractivity (Wildman–Crippen MR) is 135 cm³/mol. The summed E-state index contributed by atoms with van der Waals surface area (Å²) in [5.41, 5.74) is 1.62. The van der Waals surface area contributed by atoms with E-state index in [0.717, 1.165) is 12.0 Å². The van der Waals surface area contributed by atoms with E-state index < -0.39 is 22.0 Å². The Balaban J connectivity index is 1.52. The lowest BCUT2D eigenvalue weighted by Crippen LogP contribution is -2.45. The number of sulfonamides is 1. The Hall–Kier alpha value is -3.98. The molecule has 2 amide bonds. The molecule has 0 unspecified atom stereocenters. The van der Waals surface area contributed by atoms with E-state index in [2.05, 4.69) is 20.3 Å². The third-order valence-electron chi connectivity index (χ3n) is 5.48. The van der Waals surface area contributed by atoms with Gasteiger partial charge < -0.3 is 10.6 Å². The van der Waals surface area contributed by atoms with E-state index in [1.54, 1.807) is 42.5 Å². The molecule has 1 atom stereocenters. The van der Waals surface area contributed by atoms with Gasteiger partial charge in [-0.15, -0.1) is 0 Å². The van der Waals surface area contributed by atoms with Gasteiger partial charge in [-0.05, 0) is 42.3 Å². The Morgan fingerprint density at radius 1 is 0.914 bits per heavy atom. The molecule has 1 aliphatic heterocycles. The highest BCUT2D eigenvalue weighted by Gasteiger charge is 2.23. The summed E-state index contributed by atoms with van der Waals surface area (Å²) in [5, 5.41) is 5.55. The molecular weight excluding hydrogens is 464 g/mol. The van der Waals surface area contributed by atoms with Gasteiger partial charge in [0, 0.05) is 30.6 Å². The van der Waals surface area contributed by atoms with E-state index in [4.69, 9.17) is 0 Å². The van der Waals surface area contributed by atoms with Crippen molar-refractivity contribution in [1.29, 1.82) is 0 Å². The van der Waals surface area contributed by atoms with Crippen molar-refractivity contribution in [3.8, 4) is 0 Å². The highest BCUT2D eigenvalue weighted by atomic mass is 32.2. The number of carbonyl (C=O) groups is 2. The van der Waals surface area contributed by atoms with Crippen LogP contribution in [0.4, 0.5) is 5.69 Å². The van der Waals surface area contributed by atoms with E-state index in [9.17, 15) is 18.0 Å². The number of carbonyl (C=O) groups excluding carboxylic acids is 2. The first-order chi connectivity index (χ1) is 16.9. The van der Waals surface area contributed by atoms with Crippen LogP contribution in [0.25, 0.3) is 0 Å². The fourth-order valence-corrected chi connectivity index (χ4v) is 4.83. The normalized spacial score (nSPS) is 14.0. The molecule has 9 heteroatoms. The number of hydrogen-bond acceptors (Lipinski definition) is 5. The average molecular weight is 491 g/mol. The molecule has 4 rings (SSSR count). The molecule has 3 N–H and O–H groups in total. The number of nitrogens with one attached hydrogen (secondary N) is 3. The van der Waals surface area contributed by atoms with Crippen molar-refractivity contribution in [1.82, 2.24) is 10.0 Å². The molecule has 0 spiro atoms. The van der Waals surface area contributed by atoms with Gasteiger partial charge in [-0.25, -0.2) is 8.42 Å². The van der Waals surface area contributed by atoms with Crippen LogP contribution in [0.5, 0.6) is 0 Å². The Morgan fingerprint density at radius 2 is 1.63 bits per heavy atom. The molecule has 1 heterocycles. The Kier molecular flexibility index (Phi) is 7.57. The van der Waals surface area contributed by atoms with Crippen LogP contribution in [-0.2, 0) is 21.2 Å². The smallest absolute Gasteiger partial charge is 0.262 e. The third-order valence-corrected chi connectivity index (χ3v) is 6.86. The molecule has 3 aromatic carbocycles. The van der Waals surface area contributed by atoms with Crippen molar-refractivity contribution in [2.45, 2.75) is 30.2 Å². The molecule has 1 aliphatic rings. The number of amidine groups is 1. The van der Waals surface area contributed by atoms with Crippen LogP contribution >= 0.6 is 0 Å². The number of nitrogens with zero attached hydrogens (tertiary/aromatic N) is 1. The summed E-state index contributed by atoms with van der Waals surface area (Å²) in [5.74, 6) is -0.397. The maximum Gasteiger partial charge on any atom is 0.262 e. The van der Waals surface area contributed by atoms with Gasteiger partial charge in [0.15, 0.2) is 0 Å². The molecule has 0 aliphatic carbocycles. The zero-order chi connectivity index (χ0) is 24.7. The second-order valence-corrected chi connectivity index (χ2v) is 9.82. The molecule has 0 saturated carbocycles. The monoisotopic (exact) mass is 490 g/mol. The first-order valence-corrected chi connectivity index (χ1v) is 12.8. The van der Waals surface area contributed by atoms with Crippen LogP contribution in [0.15, 0.2) is 94.8 Å². The SMILES string of the molecule is O=C(N[C@@H](Cc1ccccc1)C(=O)Nc1cccc(S(=O)(=O)NC2=NCCC2)c1)c1ccccc1.